The first kappa shape index (κ1) is 12.7. The van der Waals surface area contributed by atoms with Crippen LogP contribution in [0.4, 0.5) is 18.2 Å². The molecule has 2 rings (SSSR count). The van der Waals surface area contributed by atoms with Crippen molar-refractivity contribution in [2.75, 3.05) is 5.73 Å². The molecule has 0 atom stereocenters. The zero-order chi connectivity index (χ0) is 13.2. The second-order valence-electron chi connectivity index (χ2n) is 3.48. The molecule has 3 nitrogen and oxygen atoms in total. The van der Waals surface area contributed by atoms with E-state index in [9.17, 15) is 13.2 Å². The number of hydrogen-bond acceptors (Lipinski definition) is 4. The Labute approximate surface area is 105 Å². The number of aromatic nitrogens is 1. The molecule has 96 valence electrons. The Kier molecular flexibility index (Phi) is 3.42. The fourth-order valence-corrected chi connectivity index (χ4v) is 1.84. The van der Waals surface area contributed by atoms with Crippen LogP contribution in [0.5, 0.6) is 5.75 Å². The summed E-state index contributed by atoms with van der Waals surface area (Å²) < 4.78 is 42.6. The number of nitrogen functional groups attached to an aromatic ring is 1. The summed E-state index contributed by atoms with van der Waals surface area (Å²) >= 11 is 1.25. The van der Waals surface area contributed by atoms with E-state index >= 15 is 0 Å². The molecule has 0 unspecified atom stereocenters. The molecule has 0 spiro atoms. The lowest BCUT2D eigenvalue weighted by Gasteiger charge is -2.09. The number of ether oxygens (including phenoxy) is 1. The van der Waals surface area contributed by atoms with Crippen molar-refractivity contribution in [2.24, 2.45) is 0 Å². The van der Waals surface area contributed by atoms with E-state index < -0.39 is 11.7 Å². The van der Waals surface area contributed by atoms with Gasteiger partial charge in [-0.3, -0.25) is 0 Å². The summed E-state index contributed by atoms with van der Waals surface area (Å²) in [5.74, 6) is 0.136. The summed E-state index contributed by atoms with van der Waals surface area (Å²) in [6.45, 7) is 0.0522. The third-order valence-corrected chi connectivity index (χ3v) is 2.91. The molecule has 0 radical (unpaired) electrons. The molecule has 7 heteroatoms. The fraction of sp³-hybridized carbons (Fsp3) is 0.182. The molecule has 0 bridgehead atoms. The molecule has 0 aliphatic heterocycles. The van der Waals surface area contributed by atoms with E-state index in [-0.39, 0.29) is 12.4 Å². The molecule has 0 fully saturated rings. The maximum absolute atomic E-state index is 12.5. The number of hydrogen-bond donors (Lipinski definition) is 1. The van der Waals surface area contributed by atoms with Gasteiger partial charge in [0.15, 0.2) is 0 Å². The average molecular weight is 274 g/mol. The summed E-state index contributed by atoms with van der Waals surface area (Å²) in [4.78, 5) is 3.95. The third kappa shape index (κ3) is 2.92. The highest BCUT2D eigenvalue weighted by Crippen LogP contribution is 2.31. The number of nitrogens with two attached hydrogens (primary N) is 1. The van der Waals surface area contributed by atoms with Crippen LogP contribution in [0.15, 0.2) is 29.8 Å². The van der Waals surface area contributed by atoms with Gasteiger partial charge in [0.05, 0.1) is 11.1 Å². The van der Waals surface area contributed by atoms with Crippen LogP contribution in [-0.2, 0) is 12.8 Å². The molecule has 1 aromatic heterocycles. The molecule has 0 saturated heterocycles. The normalized spacial score (nSPS) is 11.5. The molecule has 2 N–H and O–H groups in total. The summed E-state index contributed by atoms with van der Waals surface area (Å²) in [6, 6.07) is 4.69. The molecule has 0 amide bonds. The van der Waals surface area contributed by atoms with Crippen molar-refractivity contribution in [3.05, 3.63) is 41.0 Å². The van der Waals surface area contributed by atoms with E-state index in [1.807, 2.05) is 0 Å². The van der Waals surface area contributed by atoms with Crippen molar-refractivity contribution in [2.45, 2.75) is 12.8 Å². The summed E-state index contributed by atoms with van der Waals surface area (Å²) in [7, 11) is 0. The smallest absolute Gasteiger partial charge is 0.416 e. The molecule has 2 aromatic rings. The molecule has 1 aromatic carbocycles. The second-order valence-corrected chi connectivity index (χ2v) is 4.36. The van der Waals surface area contributed by atoms with E-state index in [2.05, 4.69) is 4.98 Å². The average Bonchev–Trinajstić information content (AvgIpc) is 2.72. The predicted molar refractivity (Wildman–Crippen MR) is 62.3 cm³/mol. The van der Waals surface area contributed by atoms with Gasteiger partial charge in [0.1, 0.15) is 23.1 Å². The predicted octanol–water partition coefficient (Wildman–Crippen LogP) is 3.32. The van der Waals surface area contributed by atoms with Crippen LogP contribution in [0.3, 0.4) is 0 Å². The van der Waals surface area contributed by atoms with Crippen molar-refractivity contribution >= 4 is 16.3 Å². The van der Waals surface area contributed by atoms with Crippen LogP contribution in [0, 0.1) is 0 Å². The Morgan fingerprint density at radius 1 is 1.33 bits per heavy atom. The number of halogens is 3. The lowest BCUT2D eigenvalue weighted by Crippen LogP contribution is -2.05. The minimum Gasteiger partial charge on any atom is -0.487 e. The van der Waals surface area contributed by atoms with Crippen molar-refractivity contribution in [1.82, 2.24) is 4.98 Å². The van der Waals surface area contributed by atoms with E-state index in [1.165, 1.54) is 23.5 Å². The first-order valence-electron chi connectivity index (χ1n) is 4.94. The van der Waals surface area contributed by atoms with Crippen molar-refractivity contribution < 1.29 is 17.9 Å². The second kappa shape index (κ2) is 4.85. The number of nitrogens with zero attached hydrogens (tertiary/aromatic N) is 1. The van der Waals surface area contributed by atoms with Gasteiger partial charge < -0.3 is 10.5 Å². The van der Waals surface area contributed by atoms with Crippen LogP contribution >= 0.6 is 11.3 Å². The molecule has 0 aliphatic rings. The highest BCUT2D eigenvalue weighted by atomic mass is 32.1. The SMILES string of the molecule is Nc1scnc1COc1cccc(C(F)(F)F)c1. The van der Waals surface area contributed by atoms with Crippen LogP contribution in [-0.4, -0.2) is 4.98 Å². The van der Waals surface area contributed by atoms with Gasteiger partial charge in [0.2, 0.25) is 0 Å². The minimum absolute atomic E-state index is 0.0522. The van der Waals surface area contributed by atoms with Gasteiger partial charge in [-0.25, -0.2) is 4.98 Å². The quantitative estimate of drug-likeness (QED) is 0.934. The largest absolute Gasteiger partial charge is 0.487 e. The number of alkyl halides is 3. The Morgan fingerprint density at radius 3 is 2.72 bits per heavy atom. The summed E-state index contributed by atoms with van der Waals surface area (Å²) in [5, 5.41) is 0.502. The Balaban J connectivity index is 2.09. The first-order valence-corrected chi connectivity index (χ1v) is 5.82. The molecule has 1 heterocycles. The fourth-order valence-electron chi connectivity index (χ4n) is 1.30. The maximum atomic E-state index is 12.5. The molecule has 0 saturated carbocycles. The van der Waals surface area contributed by atoms with Crippen LogP contribution in [0.25, 0.3) is 0 Å². The van der Waals surface area contributed by atoms with Crippen molar-refractivity contribution in [1.29, 1.82) is 0 Å². The van der Waals surface area contributed by atoms with E-state index in [0.717, 1.165) is 12.1 Å². The highest BCUT2D eigenvalue weighted by molar-refractivity contribution is 7.13. The van der Waals surface area contributed by atoms with E-state index in [4.69, 9.17) is 10.5 Å². The van der Waals surface area contributed by atoms with Gasteiger partial charge in [-0.1, -0.05) is 6.07 Å². The van der Waals surface area contributed by atoms with Gasteiger partial charge in [-0.2, -0.15) is 13.2 Å². The number of benzene rings is 1. The van der Waals surface area contributed by atoms with E-state index in [0.29, 0.717) is 10.7 Å². The minimum atomic E-state index is -4.38. The molecular formula is C11H9F3N2OS. The zero-order valence-corrected chi connectivity index (χ0v) is 9.89. The summed E-state index contributed by atoms with van der Waals surface area (Å²) in [6.07, 6.45) is -4.38. The molecular weight excluding hydrogens is 265 g/mol. The van der Waals surface area contributed by atoms with Gasteiger partial charge in [0, 0.05) is 0 Å². The van der Waals surface area contributed by atoms with Crippen LogP contribution in [0.1, 0.15) is 11.3 Å². The van der Waals surface area contributed by atoms with Crippen LogP contribution < -0.4 is 10.5 Å². The molecule has 18 heavy (non-hydrogen) atoms. The Bertz CT molecular complexity index is 539. The van der Waals surface area contributed by atoms with Crippen molar-refractivity contribution in [3.8, 4) is 5.75 Å². The standard InChI is InChI=1S/C11H9F3N2OS/c12-11(13,14)7-2-1-3-8(4-7)17-5-9-10(15)18-6-16-9/h1-4,6H,5,15H2. The Morgan fingerprint density at radius 2 is 2.11 bits per heavy atom. The third-order valence-electron chi connectivity index (χ3n) is 2.21. The van der Waals surface area contributed by atoms with E-state index in [1.54, 1.807) is 5.51 Å². The van der Waals surface area contributed by atoms with Gasteiger partial charge in [0.25, 0.3) is 0 Å². The Hall–Kier alpha value is -1.76. The number of anilines is 1. The van der Waals surface area contributed by atoms with Gasteiger partial charge in [-0.05, 0) is 18.2 Å². The topological polar surface area (TPSA) is 48.1 Å². The highest BCUT2D eigenvalue weighted by Gasteiger charge is 2.30. The maximum Gasteiger partial charge on any atom is 0.416 e. The zero-order valence-electron chi connectivity index (χ0n) is 9.07. The van der Waals surface area contributed by atoms with Crippen molar-refractivity contribution in [3.63, 3.8) is 0 Å². The lowest BCUT2D eigenvalue weighted by molar-refractivity contribution is -0.137. The lowest BCUT2D eigenvalue weighted by atomic mass is 10.2. The number of rotatable bonds is 3. The first-order chi connectivity index (χ1) is 8.47. The van der Waals surface area contributed by atoms with Gasteiger partial charge >= 0.3 is 6.18 Å². The molecule has 0 aliphatic carbocycles. The monoisotopic (exact) mass is 274 g/mol. The van der Waals surface area contributed by atoms with Gasteiger partial charge in [-0.15, -0.1) is 11.3 Å². The summed E-state index contributed by atoms with van der Waals surface area (Å²) in [5.41, 5.74) is 6.94. The number of thiazole rings is 1. The van der Waals surface area contributed by atoms with Crippen LogP contribution in [0.2, 0.25) is 0 Å².